The van der Waals surface area contributed by atoms with E-state index in [4.69, 9.17) is 9.47 Å². The van der Waals surface area contributed by atoms with E-state index in [9.17, 15) is 4.79 Å². The molecule has 1 amide bonds. The lowest BCUT2D eigenvalue weighted by atomic mass is 10.2. The fourth-order valence-electron chi connectivity index (χ4n) is 2.89. The SMILES string of the molecule is O=C(c1csc(-c2ccc3c(c2)OCCO3)n1)N1CCCNCC1. The van der Waals surface area contributed by atoms with Gasteiger partial charge in [0.1, 0.15) is 23.9 Å². The van der Waals surface area contributed by atoms with Crippen LogP contribution in [0.2, 0.25) is 0 Å². The second-order valence-corrected chi connectivity index (χ2v) is 6.65. The first kappa shape index (κ1) is 15.4. The molecule has 2 aromatic rings. The Hall–Kier alpha value is -2.12. The number of benzene rings is 1. The Morgan fingerprint density at radius 3 is 2.96 bits per heavy atom. The van der Waals surface area contributed by atoms with Crippen molar-refractivity contribution in [1.82, 2.24) is 15.2 Å². The highest BCUT2D eigenvalue weighted by molar-refractivity contribution is 7.13. The fourth-order valence-corrected chi connectivity index (χ4v) is 3.68. The van der Waals surface area contributed by atoms with Gasteiger partial charge in [0.15, 0.2) is 11.5 Å². The lowest BCUT2D eigenvalue weighted by Gasteiger charge is -2.18. The van der Waals surface area contributed by atoms with Crippen LogP contribution in [0.3, 0.4) is 0 Å². The summed E-state index contributed by atoms with van der Waals surface area (Å²) < 4.78 is 11.2. The van der Waals surface area contributed by atoms with Crippen LogP contribution in [0.25, 0.3) is 10.6 Å². The van der Waals surface area contributed by atoms with Gasteiger partial charge in [-0.1, -0.05) is 0 Å². The summed E-state index contributed by atoms with van der Waals surface area (Å²) in [5, 5.41) is 5.97. The number of amides is 1. The highest BCUT2D eigenvalue weighted by Crippen LogP contribution is 2.35. The molecule has 0 bridgehead atoms. The summed E-state index contributed by atoms with van der Waals surface area (Å²) in [6, 6.07) is 5.78. The topological polar surface area (TPSA) is 63.7 Å². The van der Waals surface area contributed by atoms with Gasteiger partial charge in [0, 0.05) is 30.6 Å². The Kier molecular flexibility index (Phi) is 4.36. The molecule has 24 heavy (non-hydrogen) atoms. The van der Waals surface area contributed by atoms with E-state index < -0.39 is 0 Å². The quantitative estimate of drug-likeness (QED) is 0.902. The highest BCUT2D eigenvalue weighted by Gasteiger charge is 2.21. The number of hydrogen-bond donors (Lipinski definition) is 1. The molecule has 0 saturated carbocycles. The van der Waals surface area contributed by atoms with Crippen molar-refractivity contribution in [2.45, 2.75) is 6.42 Å². The predicted octanol–water partition coefficient (Wildman–Crippen LogP) is 2.02. The lowest BCUT2D eigenvalue weighted by molar-refractivity contribution is 0.0761. The minimum Gasteiger partial charge on any atom is -0.486 e. The van der Waals surface area contributed by atoms with Gasteiger partial charge < -0.3 is 19.7 Å². The maximum absolute atomic E-state index is 12.6. The summed E-state index contributed by atoms with van der Waals surface area (Å²) >= 11 is 1.48. The van der Waals surface area contributed by atoms with Crippen molar-refractivity contribution in [3.05, 3.63) is 29.3 Å². The van der Waals surface area contributed by atoms with E-state index in [1.165, 1.54) is 11.3 Å². The van der Waals surface area contributed by atoms with E-state index in [-0.39, 0.29) is 5.91 Å². The number of nitrogens with one attached hydrogen (secondary N) is 1. The van der Waals surface area contributed by atoms with Crippen LogP contribution < -0.4 is 14.8 Å². The molecule has 3 heterocycles. The van der Waals surface area contributed by atoms with Crippen LogP contribution in [0.15, 0.2) is 23.6 Å². The minimum atomic E-state index is 0.0127. The third-order valence-electron chi connectivity index (χ3n) is 4.14. The monoisotopic (exact) mass is 345 g/mol. The maximum atomic E-state index is 12.6. The van der Waals surface area contributed by atoms with Crippen molar-refractivity contribution < 1.29 is 14.3 Å². The Bertz CT molecular complexity index is 738. The first-order chi connectivity index (χ1) is 11.8. The van der Waals surface area contributed by atoms with Gasteiger partial charge >= 0.3 is 0 Å². The van der Waals surface area contributed by atoms with Crippen LogP contribution in [-0.4, -0.2) is 55.2 Å². The molecule has 1 aromatic carbocycles. The molecule has 126 valence electrons. The van der Waals surface area contributed by atoms with Gasteiger partial charge in [0.25, 0.3) is 5.91 Å². The van der Waals surface area contributed by atoms with Crippen molar-refractivity contribution in [3.8, 4) is 22.1 Å². The van der Waals surface area contributed by atoms with E-state index in [1.54, 1.807) is 0 Å². The molecule has 1 aromatic heterocycles. The number of fused-ring (bicyclic) bond motifs is 1. The van der Waals surface area contributed by atoms with Crippen LogP contribution in [0.4, 0.5) is 0 Å². The molecule has 0 radical (unpaired) electrons. The van der Waals surface area contributed by atoms with Gasteiger partial charge in [-0.2, -0.15) is 0 Å². The number of carbonyl (C=O) groups excluding carboxylic acids is 1. The second-order valence-electron chi connectivity index (χ2n) is 5.79. The molecule has 1 fully saturated rings. The summed E-state index contributed by atoms with van der Waals surface area (Å²) in [5.74, 6) is 1.51. The second kappa shape index (κ2) is 6.78. The molecule has 0 atom stereocenters. The number of rotatable bonds is 2. The third kappa shape index (κ3) is 3.09. The van der Waals surface area contributed by atoms with Gasteiger partial charge in [-0.15, -0.1) is 11.3 Å². The molecular weight excluding hydrogens is 326 g/mol. The summed E-state index contributed by atoms with van der Waals surface area (Å²) in [5.41, 5.74) is 1.47. The van der Waals surface area contributed by atoms with E-state index in [0.717, 1.165) is 54.7 Å². The average Bonchev–Trinajstić information content (AvgIpc) is 2.96. The number of hydrogen-bond acceptors (Lipinski definition) is 6. The van der Waals surface area contributed by atoms with Crippen LogP contribution in [0.1, 0.15) is 16.9 Å². The van der Waals surface area contributed by atoms with E-state index in [0.29, 0.717) is 18.9 Å². The van der Waals surface area contributed by atoms with Crippen LogP contribution >= 0.6 is 11.3 Å². The largest absolute Gasteiger partial charge is 0.486 e. The zero-order valence-electron chi connectivity index (χ0n) is 13.3. The van der Waals surface area contributed by atoms with Gasteiger partial charge in [0.05, 0.1) is 0 Å². The Balaban J connectivity index is 1.55. The van der Waals surface area contributed by atoms with Gasteiger partial charge in [-0.25, -0.2) is 4.98 Å². The number of aromatic nitrogens is 1. The van der Waals surface area contributed by atoms with Crippen LogP contribution in [0.5, 0.6) is 11.5 Å². The zero-order chi connectivity index (χ0) is 16.4. The molecule has 2 aliphatic rings. The lowest BCUT2D eigenvalue weighted by Crippen LogP contribution is -2.34. The van der Waals surface area contributed by atoms with Crippen LogP contribution in [-0.2, 0) is 0 Å². The minimum absolute atomic E-state index is 0.0127. The molecule has 2 aliphatic heterocycles. The average molecular weight is 345 g/mol. The van der Waals surface area contributed by atoms with Crippen molar-refractivity contribution >= 4 is 17.2 Å². The number of nitrogens with zero attached hydrogens (tertiary/aromatic N) is 2. The summed E-state index contributed by atoms with van der Waals surface area (Å²) in [4.78, 5) is 19.1. The maximum Gasteiger partial charge on any atom is 0.273 e. The summed E-state index contributed by atoms with van der Waals surface area (Å²) in [7, 11) is 0. The number of thiazole rings is 1. The molecular formula is C17H19N3O3S. The smallest absolute Gasteiger partial charge is 0.273 e. The van der Waals surface area contributed by atoms with Crippen molar-refractivity contribution in [3.63, 3.8) is 0 Å². The Morgan fingerprint density at radius 2 is 2.04 bits per heavy atom. The number of ether oxygens (including phenoxy) is 2. The van der Waals surface area contributed by atoms with Gasteiger partial charge in [0.2, 0.25) is 0 Å². The molecule has 6 nitrogen and oxygen atoms in total. The Labute approximate surface area is 144 Å². The molecule has 0 spiro atoms. The first-order valence-electron chi connectivity index (χ1n) is 8.17. The van der Waals surface area contributed by atoms with Crippen molar-refractivity contribution in [2.75, 3.05) is 39.4 Å². The van der Waals surface area contributed by atoms with E-state index in [1.807, 2.05) is 28.5 Å². The first-order valence-corrected chi connectivity index (χ1v) is 9.05. The third-order valence-corrected chi connectivity index (χ3v) is 5.03. The summed E-state index contributed by atoms with van der Waals surface area (Å²) in [6.45, 7) is 4.45. The highest BCUT2D eigenvalue weighted by atomic mass is 32.1. The van der Waals surface area contributed by atoms with Gasteiger partial charge in [-0.05, 0) is 31.2 Å². The van der Waals surface area contributed by atoms with Crippen molar-refractivity contribution in [2.24, 2.45) is 0 Å². The zero-order valence-corrected chi connectivity index (χ0v) is 14.1. The Morgan fingerprint density at radius 1 is 1.17 bits per heavy atom. The normalized spacial score (nSPS) is 17.4. The van der Waals surface area contributed by atoms with Crippen molar-refractivity contribution in [1.29, 1.82) is 0 Å². The molecule has 0 aliphatic carbocycles. The number of carbonyl (C=O) groups is 1. The molecule has 0 unspecified atom stereocenters. The van der Waals surface area contributed by atoms with E-state index >= 15 is 0 Å². The molecule has 4 rings (SSSR count). The van der Waals surface area contributed by atoms with E-state index in [2.05, 4.69) is 10.3 Å². The molecule has 1 saturated heterocycles. The van der Waals surface area contributed by atoms with Gasteiger partial charge in [-0.3, -0.25) is 4.79 Å². The van der Waals surface area contributed by atoms with Crippen LogP contribution in [0, 0.1) is 0 Å². The molecule has 7 heteroatoms. The predicted molar refractivity (Wildman–Crippen MR) is 91.9 cm³/mol. The summed E-state index contributed by atoms with van der Waals surface area (Å²) in [6.07, 6.45) is 0.977. The standard InChI is InChI=1S/C17H19N3O3S/c21-17(20-6-1-4-18-5-7-20)13-11-24-16(19-13)12-2-3-14-15(10-12)23-9-8-22-14/h2-3,10-11,18H,1,4-9H2. The molecule has 1 N–H and O–H groups in total. The fraction of sp³-hybridized carbons (Fsp3) is 0.412.